The van der Waals surface area contributed by atoms with Gasteiger partial charge in [0.1, 0.15) is 5.75 Å². The van der Waals surface area contributed by atoms with Gasteiger partial charge in [0, 0.05) is 16.9 Å². The zero-order valence-corrected chi connectivity index (χ0v) is 11.8. The van der Waals surface area contributed by atoms with Crippen molar-refractivity contribution in [2.24, 2.45) is 10.9 Å². The van der Waals surface area contributed by atoms with Gasteiger partial charge in [-0.2, -0.15) is 0 Å². The van der Waals surface area contributed by atoms with Gasteiger partial charge in [0.05, 0.1) is 5.02 Å². The molecule has 0 fully saturated rings. The standard InChI is InChI=1S/C11H8BrClN4O2/c12-6-1-2-7(13)8(5-6)19-11-9(10(14)17-18)15-3-4-16-11/h1-5,18H,(H2,14,17). The van der Waals surface area contributed by atoms with E-state index in [0.717, 1.165) is 4.47 Å². The molecule has 0 aliphatic carbocycles. The molecule has 19 heavy (non-hydrogen) atoms. The predicted molar refractivity (Wildman–Crippen MR) is 73.8 cm³/mol. The van der Waals surface area contributed by atoms with Crippen LogP contribution >= 0.6 is 27.5 Å². The van der Waals surface area contributed by atoms with Crippen molar-refractivity contribution in [3.8, 4) is 11.6 Å². The first-order valence-electron chi connectivity index (χ1n) is 5.03. The number of nitrogens with zero attached hydrogens (tertiary/aromatic N) is 3. The number of nitrogens with two attached hydrogens (primary N) is 1. The van der Waals surface area contributed by atoms with Crippen LogP contribution in [0.3, 0.4) is 0 Å². The summed E-state index contributed by atoms with van der Waals surface area (Å²) in [6.45, 7) is 0. The van der Waals surface area contributed by atoms with Gasteiger partial charge < -0.3 is 15.7 Å². The van der Waals surface area contributed by atoms with E-state index in [4.69, 9.17) is 27.3 Å². The van der Waals surface area contributed by atoms with Crippen LogP contribution in [0.25, 0.3) is 0 Å². The Morgan fingerprint density at radius 2 is 2.11 bits per heavy atom. The largest absolute Gasteiger partial charge is 0.435 e. The lowest BCUT2D eigenvalue weighted by molar-refractivity contribution is 0.318. The molecule has 1 aromatic carbocycles. The molecular formula is C11H8BrClN4O2. The van der Waals surface area contributed by atoms with Gasteiger partial charge in [0.15, 0.2) is 11.5 Å². The van der Waals surface area contributed by atoms with Crippen molar-refractivity contribution in [1.82, 2.24) is 9.97 Å². The fourth-order valence-electron chi connectivity index (χ4n) is 1.28. The minimum absolute atomic E-state index is 0.0952. The van der Waals surface area contributed by atoms with E-state index in [2.05, 4.69) is 31.1 Å². The summed E-state index contributed by atoms with van der Waals surface area (Å²) in [4.78, 5) is 7.92. The van der Waals surface area contributed by atoms with Crippen molar-refractivity contribution >= 4 is 33.4 Å². The summed E-state index contributed by atoms with van der Waals surface area (Å²) in [6, 6.07) is 5.11. The van der Waals surface area contributed by atoms with Gasteiger partial charge in [0.2, 0.25) is 5.88 Å². The molecule has 6 nitrogen and oxygen atoms in total. The van der Waals surface area contributed by atoms with E-state index in [9.17, 15) is 0 Å². The highest BCUT2D eigenvalue weighted by molar-refractivity contribution is 9.10. The van der Waals surface area contributed by atoms with Crippen LogP contribution in [0.4, 0.5) is 0 Å². The van der Waals surface area contributed by atoms with Crippen LogP contribution in [-0.4, -0.2) is 21.0 Å². The number of ether oxygens (including phenoxy) is 1. The third-order valence-corrected chi connectivity index (χ3v) is 2.92. The Labute approximate surface area is 122 Å². The van der Waals surface area contributed by atoms with E-state index in [1.165, 1.54) is 12.4 Å². The van der Waals surface area contributed by atoms with E-state index in [1.54, 1.807) is 18.2 Å². The van der Waals surface area contributed by atoms with Gasteiger partial charge in [-0.05, 0) is 18.2 Å². The SMILES string of the molecule is NC(=NO)c1nccnc1Oc1cc(Br)ccc1Cl. The molecular weight excluding hydrogens is 336 g/mol. The molecule has 3 N–H and O–H groups in total. The maximum Gasteiger partial charge on any atom is 0.249 e. The Kier molecular flexibility index (Phi) is 4.18. The average Bonchev–Trinajstić information content (AvgIpc) is 2.42. The number of oxime groups is 1. The summed E-state index contributed by atoms with van der Waals surface area (Å²) < 4.78 is 6.33. The summed E-state index contributed by atoms with van der Waals surface area (Å²) in [5.74, 6) is 0.274. The third kappa shape index (κ3) is 3.12. The Balaban J connectivity index is 2.41. The lowest BCUT2D eigenvalue weighted by Gasteiger charge is -2.09. The Bertz CT molecular complexity index is 636. The Hall–Kier alpha value is -1.86. The highest BCUT2D eigenvalue weighted by Gasteiger charge is 2.13. The minimum atomic E-state index is -0.200. The van der Waals surface area contributed by atoms with Crippen LogP contribution in [0.15, 0.2) is 40.2 Å². The first-order chi connectivity index (χ1) is 9.11. The fourth-order valence-corrected chi connectivity index (χ4v) is 1.78. The van der Waals surface area contributed by atoms with E-state index in [0.29, 0.717) is 10.8 Å². The van der Waals surface area contributed by atoms with E-state index in [-0.39, 0.29) is 17.4 Å². The Morgan fingerprint density at radius 3 is 2.84 bits per heavy atom. The molecule has 0 spiro atoms. The fraction of sp³-hybridized carbons (Fsp3) is 0. The topological polar surface area (TPSA) is 93.6 Å². The first kappa shape index (κ1) is 13.6. The molecule has 0 unspecified atom stereocenters. The molecule has 0 amide bonds. The van der Waals surface area contributed by atoms with Crippen LogP contribution in [0.2, 0.25) is 5.02 Å². The van der Waals surface area contributed by atoms with Gasteiger partial charge >= 0.3 is 0 Å². The summed E-state index contributed by atoms with van der Waals surface area (Å²) in [6.07, 6.45) is 2.83. The number of amidine groups is 1. The normalized spacial score (nSPS) is 11.4. The second-order valence-corrected chi connectivity index (χ2v) is 4.70. The van der Waals surface area contributed by atoms with E-state index < -0.39 is 0 Å². The number of halogens is 2. The average molecular weight is 344 g/mol. The summed E-state index contributed by atoms with van der Waals surface area (Å²) in [7, 11) is 0. The smallest absolute Gasteiger partial charge is 0.249 e. The molecule has 0 bridgehead atoms. The van der Waals surface area contributed by atoms with Crippen LogP contribution in [-0.2, 0) is 0 Å². The van der Waals surface area contributed by atoms with E-state index in [1.807, 2.05) is 0 Å². The first-order valence-corrected chi connectivity index (χ1v) is 6.20. The number of benzene rings is 1. The van der Waals surface area contributed by atoms with Crippen LogP contribution in [0, 0.1) is 0 Å². The molecule has 2 aromatic rings. The summed E-state index contributed by atoms with van der Waals surface area (Å²) in [5.41, 5.74) is 5.62. The zero-order chi connectivity index (χ0) is 13.8. The van der Waals surface area contributed by atoms with Gasteiger partial charge in [-0.25, -0.2) is 9.97 Å². The van der Waals surface area contributed by atoms with Crippen molar-refractivity contribution in [3.63, 3.8) is 0 Å². The van der Waals surface area contributed by atoms with E-state index >= 15 is 0 Å². The molecule has 1 heterocycles. The molecule has 0 saturated carbocycles. The maximum atomic E-state index is 8.68. The van der Waals surface area contributed by atoms with Crippen molar-refractivity contribution < 1.29 is 9.94 Å². The second-order valence-electron chi connectivity index (χ2n) is 3.37. The van der Waals surface area contributed by atoms with Crippen molar-refractivity contribution in [3.05, 3.63) is 45.8 Å². The molecule has 0 atom stereocenters. The van der Waals surface area contributed by atoms with Gasteiger partial charge in [-0.3, -0.25) is 0 Å². The quantitative estimate of drug-likeness (QED) is 0.387. The maximum absolute atomic E-state index is 8.68. The van der Waals surface area contributed by atoms with Crippen molar-refractivity contribution in [1.29, 1.82) is 0 Å². The second kappa shape index (κ2) is 5.85. The van der Waals surface area contributed by atoms with Gasteiger partial charge in [-0.15, -0.1) is 0 Å². The number of hydrogen-bond acceptors (Lipinski definition) is 5. The molecule has 2 rings (SSSR count). The van der Waals surface area contributed by atoms with Gasteiger partial charge in [-0.1, -0.05) is 32.7 Å². The Morgan fingerprint density at radius 1 is 1.37 bits per heavy atom. The zero-order valence-electron chi connectivity index (χ0n) is 9.42. The molecule has 0 saturated heterocycles. The summed E-state index contributed by atoms with van der Waals surface area (Å²) in [5, 5.41) is 12.0. The summed E-state index contributed by atoms with van der Waals surface area (Å²) >= 11 is 9.31. The number of hydrogen-bond donors (Lipinski definition) is 2. The number of rotatable bonds is 3. The van der Waals surface area contributed by atoms with Crippen molar-refractivity contribution in [2.45, 2.75) is 0 Å². The van der Waals surface area contributed by atoms with Crippen molar-refractivity contribution in [2.75, 3.05) is 0 Å². The molecule has 8 heteroatoms. The highest BCUT2D eigenvalue weighted by atomic mass is 79.9. The van der Waals surface area contributed by atoms with Crippen LogP contribution in [0.5, 0.6) is 11.6 Å². The predicted octanol–water partition coefficient (Wildman–Crippen LogP) is 2.78. The lowest BCUT2D eigenvalue weighted by Crippen LogP contribution is -2.16. The van der Waals surface area contributed by atoms with Crippen LogP contribution in [0.1, 0.15) is 5.69 Å². The molecule has 1 aromatic heterocycles. The lowest BCUT2D eigenvalue weighted by atomic mass is 10.3. The van der Waals surface area contributed by atoms with Gasteiger partial charge in [0.25, 0.3) is 0 Å². The third-order valence-electron chi connectivity index (χ3n) is 2.11. The number of aromatic nitrogens is 2. The molecule has 0 radical (unpaired) electrons. The molecule has 98 valence electrons. The monoisotopic (exact) mass is 342 g/mol. The minimum Gasteiger partial charge on any atom is -0.435 e. The molecule has 0 aliphatic heterocycles. The van der Waals surface area contributed by atoms with Crippen LogP contribution < -0.4 is 10.5 Å². The molecule has 0 aliphatic rings. The highest BCUT2D eigenvalue weighted by Crippen LogP contribution is 2.31.